The summed E-state index contributed by atoms with van der Waals surface area (Å²) < 4.78 is 45.8. The summed E-state index contributed by atoms with van der Waals surface area (Å²) >= 11 is 0. The van der Waals surface area contributed by atoms with E-state index in [1.54, 1.807) is 30.3 Å². The van der Waals surface area contributed by atoms with Crippen LogP contribution in [-0.2, 0) is 20.9 Å². The van der Waals surface area contributed by atoms with Gasteiger partial charge in [-0.2, -0.15) is 13.2 Å². The number of carbonyl (C=O) groups excluding carboxylic acids is 2. The van der Waals surface area contributed by atoms with E-state index in [1.807, 2.05) is 0 Å². The maximum absolute atomic E-state index is 13.7. The Labute approximate surface area is 138 Å². The van der Waals surface area contributed by atoms with E-state index in [2.05, 4.69) is 5.32 Å². The molecule has 1 saturated carbocycles. The Balaban J connectivity index is 2.33. The van der Waals surface area contributed by atoms with Gasteiger partial charge in [-0.05, 0) is 25.3 Å². The molecule has 24 heavy (non-hydrogen) atoms. The molecule has 1 aliphatic carbocycles. The molecule has 0 aliphatic heterocycles. The Morgan fingerprint density at radius 1 is 1.33 bits per heavy atom. The van der Waals surface area contributed by atoms with Gasteiger partial charge in [0.25, 0.3) is 0 Å². The number of Topliss-reactive ketones (excluding diaryl/α,β-unsaturated/α-hetero) is 1. The number of ether oxygens (including phenoxy) is 1. The average Bonchev–Trinajstić information content (AvgIpc) is 2.90. The first-order chi connectivity index (χ1) is 11.3. The van der Waals surface area contributed by atoms with Gasteiger partial charge < -0.3 is 10.1 Å². The summed E-state index contributed by atoms with van der Waals surface area (Å²) in [4.78, 5) is 24.6. The minimum absolute atomic E-state index is 0.0432. The lowest BCUT2D eigenvalue weighted by molar-refractivity contribution is -0.199. The van der Waals surface area contributed by atoms with E-state index < -0.39 is 29.4 Å². The number of rotatable bonds is 6. The molecule has 1 N–H and O–H groups in total. The average molecular weight is 343 g/mol. The highest BCUT2D eigenvalue weighted by molar-refractivity contribution is 6.06. The summed E-state index contributed by atoms with van der Waals surface area (Å²) in [6, 6.07) is 6.26. The van der Waals surface area contributed by atoms with Gasteiger partial charge in [-0.3, -0.25) is 9.59 Å². The first-order valence-electron chi connectivity index (χ1n) is 7.87. The number of nitrogens with one attached hydrogen (secondary N) is 1. The summed E-state index contributed by atoms with van der Waals surface area (Å²) in [5, 5.41) is 2.38. The molecule has 0 bridgehead atoms. The quantitative estimate of drug-likeness (QED) is 0.637. The minimum Gasteiger partial charge on any atom is -0.465 e. The number of carbonyl (C=O) groups is 2. The zero-order chi connectivity index (χ0) is 17.8. The number of ketones is 1. The predicted octanol–water partition coefficient (Wildman–Crippen LogP) is 3.01. The van der Waals surface area contributed by atoms with Gasteiger partial charge in [-0.15, -0.1) is 0 Å². The molecule has 0 saturated heterocycles. The molecular weight excluding hydrogens is 323 g/mol. The first kappa shape index (κ1) is 18.4. The lowest BCUT2D eigenvalue weighted by atomic mass is 9.77. The smallest absolute Gasteiger partial charge is 0.405 e. The van der Waals surface area contributed by atoms with E-state index in [0.717, 1.165) is 0 Å². The molecule has 1 aromatic rings. The third-order valence-corrected chi connectivity index (χ3v) is 4.29. The third kappa shape index (κ3) is 3.61. The van der Waals surface area contributed by atoms with E-state index >= 15 is 0 Å². The molecule has 0 amide bonds. The summed E-state index contributed by atoms with van der Waals surface area (Å²) in [7, 11) is 0. The largest absolute Gasteiger partial charge is 0.465 e. The molecule has 7 heteroatoms. The predicted molar refractivity (Wildman–Crippen MR) is 81.0 cm³/mol. The second-order valence-electron chi connectivity index (χ2n) is 5.81. The van der Waals surface area contributed by atoms with Crippen LogP contribution in [0.15, 0.2) is 30.3 Å². The summed E-state index contributed by atoms with van der Waals surface area (Å²) in [6.45, 7) is 1.33. The van der Waals surface area contributed by atoms with E-state index in [9.17, 15) is 22.8 Å². The fraction of sp³-hybridized carbons (Fsp3) is 0.529. The molecule has 0 heterocycles. The Bertz CT molecular complexity index is 588. The van der Waals surface area contributed by atoms with Gasteiger partial charge in [0, 0.05) is 13.0 Å². The molecule has 1 fully saturated rings. The van der Waals surface area contributed by atoms with E-state index in [-0.39, 0.29) is 32.4 Å². The van der Waals surface area contributed by atoms with Crippen molar-refractivity contribution in [3.63, 3.8) is 0 Å². The number of hydrogen-bond acceptors (Lipinski definition) is 4. The van der Waals surface area contributed by atoms with Crippen LogP contribution in [-0.4, -0.2) is 30.6 Å². The molecule has 2 rings (SSSR count). The molecule has 1 aromatic carbocycles. The second-order valence-corrected chi connectivity index (χ2v) is 5.81. The molecule has 2 unspecified atom stereocenters. The molecule has 1 aliphatic rings. The Hall–Kier alpha value is -1.89. The highest BCUT2D eigenvalue weighted by Gasteiger charge is 2.63. The van der Waals surface area contributed by atoms with Gasteiger partial charge in [0.2, 0.25) is 0 Å². The van der Waals surface area contributed by atoms with Gasteiger partial charge in [0.05, 0.1) is 6.61 Å². The number of hydrogen-bond donors (Lipinski definition) is 1. The van der Waals surface area contributed by atoms with Crippen molar-refractivity contribution in [2.75, 3.05) is 6.61 Å². The van der Waals surface area contributed by atoms with Crippen LogP contribution in [0.3, 0.4) is 0 Å². The highest BCUT2D eigenvalue weighted by atomic mass is 19.4. The van der Waals surface area contributed by atoms with Crippen LogP contribution in [0.2, 0.25) is 0 Å². The summed E-state index contributed by atoms with van der Waals surface area (Å²) in [5.74, 6) is -1.79. The maximum Gasteiger partial charge on any atom is 0.405 e. The van der Waals surface area contributed by atoms with Crippen LogP contribution >= 0.6 is 0 Å². The number of esters is 1. The van der Waals surface area contributed by atoms with Crippen LogP contribution in [0.4, 0.5) is 13.2 Å². The van der Waals surface area contributed by atoms with Crippen molar-refractivity contribution in [1.29, 1.82) is 0 Å². The van der Waals surface area contributed by atoms with Crippen molar-refractivity contribution in [3.8, 4) is 0 Å². The van der Waals surface area contributed by atoms with Crippen molar-refractivity contribution in [3.05, 3.63) is 35.9 Å². The fourth-order valence-electron chi connectivity index (χ4n) is 3.17. The second kappa shape index (κ2) is 7.34. The Morgan fingerprint density at radius 3 is 2.50 bits per heavy atom. The van der Waals surface area contributed by atoms with Crippen LogP contribution < -0.4 is 5.32 Å². The minimum atomic E-state index is -4.75. The monoisotopic (exact) mass is 343 g/mol. The molecule has 0 aromatic heterocycles. The highest BCUT2D eigenvalue weighted by Crippen LogP contribution is 2.45. The zero-order valence-corrected chi connectivity index (χ0v) is 13.4. The Kier molecular flexibility index (Phi) is 5.64. The Morgan fingerprint density at radius 2 is 2.00 bits per heavy atom. The SMILES string of the molecule is CCOC(=O)C1(C(NCc2ccccc2)C(F)(F)F)CCCC1=O. The van der Waals surface area contributed by atoms with E-state index in [1.165, 1.54) is 6.92 Å². The van der Waals surface area contributed by atoms with Gasteiger partial charge >= 0.3 is 12.1 Å². The van der Waals surface area contributed by atoms with E-state index in [4.69, 9.17) is 4.74 Å². The number of benzene rings is 1. The van der Waals surface area contributed by atoms with Crippen molar-refractivity contribution in [2.24, 2.45) is 5.41 Å². The fourth-order valence-corrected chi connectivity index (χ4v) is 3.17. The van der Waals surface area contributed by atoms with Crippen molar-refractivity contribution < 1.29 is 27.5 Å². The van der Waals surface area contributed by atoms with Crippen LogP contribution in [0.1, 0.15) is 31.7 Å². The van der Waals surface area contributed by atoms with Crippen LogP contribution in [0, 0.1) is 5.41 Å². The number of alkyl halides is 3. The van der Waals surface area contributed by atoms with Gasteiger partial charge in [0.15, 0.2) is 11.2 Å². The summed E-state index contributed by atoms with van der Waals surface area (Å²) in [6.07, 6.45) is -4.70. The van der Waals surface area contributed by atoms with Gasteiger partial charge in [-0.1, -0.05) is 30.3 Å². The zero-order valence-electron chi connectivity index (χ0n) is 13.4. The summed E-state index contributed by atoms with van der Waals surface area (Å²) in [5.41, 5.74) is -1.56. The van der Waals surface area contributed by atoms with Crippen LogP contribution in [0.5, 0.6) is 0 Å². The van der Waals surface area contributed by atoms with Gasteiger partial charge in [-0.25, -0.2) is 0 Å². The van der Waals surface area contributed by atoms with Crippen molar-refractivity contribution in [1.82, 2.24) is 5.32 Å². The normalized spacial score (nSPS) is 22.4. The van der Waals surface area contributed by atoms with Gasteiger partial charge in [0.1, 0.15) is 6.04 Å². The lowest BCUT2D eigenvalue weighted by Gasteiger charge is -2.35. The standard InChI is InChI=1S/C17H20F3NO3/c1-2-24-15(23)16(10-6-9-13(16)22)14(17(18,19)20)21-11-12-7-4-3-5-8-12/h3-5,7-8,14,21H,2,6,9-11H2,1H3. The maximum atomic E-state index is 13.7. The van der Waals surface area contributed by atoms with Crippen molar-refractivity contribution in [2.45, 2.75) is 44.9 Å². The molecule has 0 radical (unpaired) electrons. The molecule has 0 spiro atoms. The molecule has 2 atom stereocenters. The van der Waals surface area contributed by atoms with Crippen LogP contribution in [0.25, 0.3) is 0 Å². The molecular formula is C17H20F3NO3. The molecule has 4 nitrogen and oxygen atoms in total. The number of halogens is 3. The van der Waals surface area contributed by atoms with E-state index in [0.29, 0.717) is 5.56 Å². The lowest BCUT2D eigenvalue weighted by Crippen LogP contribution is -2.60. The first-order valence-corrected chi connectivity index (χ1v) is 7.87. The molecule has 132 valence electrons. The third-order valence-electron chi connectivity index (χ3n) is 4.29. The van der Waals surface area contributed by atoms with Crippen molar-refractivity contribution >= 4 is 11.8 Å². The topological polar surface area (TPSA) is 55.4 Å².